The maximum atomic E-state index is 6.08. The average Bonchev–Trinajstić information content (AvgIpc) is 2.47. The van der Waals surface area contributed by atoms with Gasteiger partial charge in [0.15, 0.2) is 0 Å². The van der Waals surface area contributed by atoms with Crippen molar-refractivity contribution >= 4 is 27.5 Å². The summed E-state index contributed by atoms with van der Waals surface area (Å²) in [6.07, 6.45) is 0.792. The molecule has 4 heteroatoms. The standard InChI is InChI=1S/C16H16BrClO2/c1-19-15-6-4-3-5-11(15)9-14(17)13-10-12(18)7-8-16(13)20-2/h3-8,10,14H,9H2,1-2H3. The predicted molar refractivity (Wildman–Crippen MR) is 86.4 cm³/mol. The molecular formula is C16H16BrClO2. The first-order valence-corrected chi connectivity index (χ1v) is 7.54. The Balaban J connectivity index is 2.28. The first kappa shape index (κ1) is 15.2. The van der Waals surface area contributed by atoms with E-state index in [1.54, 1.807) is 14.2 Å². The molecule has 2 nitrogen and oxygen atoms in total. The summed E-state index contributed by atoms with van der Waals surface area (Å²) in [6.45, 7) is 0. The quantitative estimate of drug-likeness (QED) is 0.700. The third-order valence-electron chi connectivity index (χ3n) is 3.12. The smallest absolute Gasteiger partial charge is 0.123 e. The summed E-state index contributed by atoms with van der Waals surface area (Å²) in [5.41, 5.74) is 2.17. The second-order valence-corrected chi connectivity index (χ2v) is 5.91. The molecule has 0 saturated heterocycles. The van der Waals surface area contributed by atoms with Gasteiger partial charge in [-0.25, -0.2) is 0 Å². The molecule has 1 atom stereocenters. The lowest BCUT2D eigenvalue weighted by Gasteiger charge is -2.16. The lowest BCUT2D eigenvalue weighted by molar-refractivity contribution is 0.405. The van der Waals surface area contributed by atoms with Crippen molar-refractivity contribution in [3.8, 4) is 11.5 Å². The number of ether oxygens (including phenoxy) is 2. The van der Waals surface area contributed by atoms with E-state index >= 15 is 0 Å². The Labute approximate surface area is 132 Å². The van der Waals surface area contributed by atoms with Gasteiger partial charge >= 0.3 is 0 Å². The van der Waals surface area contributed by atoms with E-state index in [-0.39, 0.29) is 4.83 Å². The van der Waals surface area contributed by atoms with Crippen molar-refractivity contribution in [2.45, 2.75) is 11.2 Å². The molecule has 2 aromatic rings. The third kappa shape index (κ3) is 3.47. The van der Waals surface area contributed by atoms with Gasteiger partial charge in [0.1, 0.15) is 11.5 Å². The van der Waals surface area contributed by atoms with Crippen LogP contribution in [0.2, 0.25) is 5.02 Å². The molecule has 106 valence electrons. The van der Waals surface area contributed by atoms with E-state index in [1.807, 2.05) is 36.4 Å². The second kappa shape index (κ2) is 7.00. The van der Waals surface area contributed by atoms with E-state index in [0.29, 0.717) is 5.02 Å². The van der Waals surface area contributed by atoms with Gasteiger partial charge in [-0.05, 0) is 36.2 Å². The van der Waals surface area contributed by atoms with Crippen LogP contribution in [-0.4, -0.2) is 14.2 Å². The number of alkyl halides is 1. The van der Waals surface area contributed by atoms with E-state index in [1.165, 1.54) is 0 Å². The van der Waals surface area contributed by atoms with Crippen LogP contribution in [-0.2, 0) is 6.42 Å². The molecule has 0 aliphatic heterocycles. The van der Waals surface area contributed by atoms with Crippen molar-refractivity contribution in [1.29, 1.82) is 0 Å². The van der Waals surface area contributed by atoms with Crippen molar-refractivity contribution in [1.82, 2.24) is 0 Å². The summed E-state index contributed by atoms with van der Waals surface area (Å²) < 4.78 is 10.8. The van der Waals surface area contributed by atoms with E-state index in [4.69, 9.17) is 21.1 Å². The molecule has 0 aromatic heterocycles. The molecule has 0 bridgehead atoms. The molecule has 1 unspecified atom stereocenters. The molecule has 20 heavy (non-hydrogen) atoms. The molecule has 0 saturated carbocycles. The maximum absolute atomic E-state index is 6.08. The Morgan fingerprint density at radius 3 is 2.45 bits per heavy atom. The van der Waals surface area contributed by atoms with Crippen LogP contribution >= 0.6 is 27.5 Å². The van der Waals surface area contributed by atoms with Crippen LogP contribution in [0.15, 0.2) is 42.5 Å². The van der Waals surface area contributed by atoms with Gasteiger partial charge in [-0.3, -0.25) is 0 Å². The van der Waals surface area contributed by atoms with Gasteiger partial charge in [0.25, 0.3) is 0 Å². The molecule has 0 amide bonds. The maximum Gasteiger partial charge on any atom is 0.123 e. The number of methoxy groups -OCH3 is 2. The van der Waals surface area contributed by atoms with E-state index < -0.39 is 0 Å². The van der Waals surface area contributed by atoms with Gasteiger partial charge in [-0.1, -0.05) is 45.7 Å². The fourth-order valence-electron chi connectivity index (χ4n) is 2.12. The molecule has 0 radical (unpaired) electrons. The lowest BCUT2D eigenvalue weighted by Crippen LogP contribution is -2.00. The summed E-state index contributed by atoms with van der Waals surface area (Å²) in [5, 5.41) is 0.699. The van der Waals surface area contributed by atoms with Crippen LogP contribution in [0, 0.1) is 0 Å². The highest BCUT2D eigenvalue weighted by Crippen LogP contribution is 2.37. The molecule has 0 heterocycles. The summed E-state index contributed by atoms with van der Waals surface area (Å²) in [4.78, 5) is 0.104. The van der Waals surface area contributed by atoms with E-state index in [2.05, 4.69) is 22.0 Å². The highest BCUT2D eigenvalue weighted by atomic mass is 79.9. The van der Waals surface area contributed by atoms with Gasteiger partial charge in [0, 0.05) is 15.4 Å². The molecule has 0 N–H and O–H groups in total. The molecule has 2 aromatic carbocycles. The van der Waals surface area contributed by atoms with Gasteiger partial charge in [-0.15, -0.1) is 0 Å². The van der Waals surface area contributed by atoms with Gasteiger partial charge in [0.05, 0.1) is 14.2 Å². The van der Waals surface area contributed by atoms with Crippen molar-refractivity contribution < 1.29 is 9.47 Å². The number of hydrogen-bond acceptors (Lipinski definition) is 2. The fraction of sp³-hybridized carbons (Fsp3) is 0.250. The minimum absolute atomic E-state index is 0.104. The average molecular weight is 356 g/mol. The van der Waals surface area contributed by atoms with Crippen LogP contribution in [0.25, 0.3) is 0 Å². The minimum Gasteiger partial charge on any atom is -0.496 e. The van der Waals surface area contributed by atoms with E-state index in [0.717, 1.165) is 29.0 Å². The zero-order valence-corrected chi connectivity index (χ0v) is 13.7. The first-order valence-electron chi connectivity index (χ1n) is 6.25. The second-order valence-electron chi connectivity index (χ2n) is 4.37. The number of rotatable bonds is 5. The van der Waals surface area contributed by atoms with Crippen molar-refractivity contribution in [3.63, 3.8) is 0 Å². The minimum atomic E-state index is 0.104. The number of benzene rings is 2. The first-order chi connectivity index (χ1) is 9.65. The molecular weight excluding hydrogens is 340 g/mol. The van der Waals surface area contributed by atoms with E-state index in [9.17, 15) is 0 Å². The third-order valence-corrected chi connectivity index (χ3v) is 4.17. The number of para-hydroxylation sites is 1. The van der Waals surface area contributed by atoms with Crippen LogP contribution in [0.5, 0.6) is 11.5 Å². The van der Waals surface area contributed by atoms with Crippen LogP contribution < -0.4 is 9.47 Å². The Morgan fingerprint density at radius 1 is 1.05 bits per heavy atom. The van der Waals surface area contributed by atoms with Gasteiger partial charge in [-0.2, -0.15) is 0 Å². The highest BCUT2D eigenvalue weighted by Gasteiger charge is 2.16. The summed E-state index contributed by atoms with van der Waals surface area (Å²) >= 11 is 9.80. The predicted octanol–water partition coefficient (Wildman–Crippen LogP) is 5.04. The molecule has 0 spiro atoms. The van der Waals surface area contributed by atoms with Crippen molar-refractivity contribution in [3.05, 3.63) is 58.6 Å². The lowest BCUT2D eigenvalue weighted by atomic mass is 10.0. The SMILES string of the molecule is COc1ccccc1CC(Br)c1cc(Cl)ccc1OC. The monoisotopic (exact) mass is 354 g/mol. The highest BCUT2D eigenvalue weighted by molar-refractivity contribution is 9.09. The number of halogens is 2. The Morgan fingerprint density at radius 2 is 1.75 bits per heavy atom. The van der Waals surface area contributed by atoms with Crippen LogP contribution in [0.4, 0.5) is 0 Å². The normalized spacial score (nSPS) is 12.0. The largest absolute Gasteiger partial charge is 0.496 e. The van der Waals surface area contributed by atoms with Crippen LogP contribution in [0.1, 0.15) is 16.0 Å². The Kier molecular flexibility index (Phi) is 5.32. The fourth-order valence-corrected chi connectivity index (χ4v) is 3.01. The van der Waals surface area contributed by atoms with Gasteiger partial charge in [0.2, 0.25) is 0 Å². The van der Waals surface area contributed by atoms with Crippen LogP contribution in [0.3, 0.4) is 0 Å². The molecule has 0 aliphatic carbocycles. The Bertz CT molecular complexity index is 586. The van der Waals surface area contributed by atoms with Gasteiger partial charge < -0.3 is 9.47 Å². The van der Waals surface area contributed by atoms with Crippen molar-refractivity contribution in [2.75, 3.05) is 14.2 Å². The zero-order valence-electron chi connectivity index (χ0n) is 11.4. The molecule has 0 fully saturated rings. The zero-order chi connectivity index (χ0) is 14.5. The molecule has 2 rings (SSSR count). The topological polar surface area (TPSA) is 18.5 Å². The number of hydrogen-bond donors (Lipinski definition) is 0. The summed E-state index contributed by atoms with van der Waals surface area (Å²) in [5.74, 6) is 1.71. The summed E-state index contributed by atoms with van der Waals surface area (Å²) in [6, 6.07) is 13.6. The Hall–Kier alpha value is -1.19. The molecule has 0 aliphatic rings. The summed E-state index contributed by atoms with van der Waals surface area (Å²) in [7, 11) is 3.34. The van der Waals surface area contributed by atoms with Crippen molar-refractivity contribution in [2.24, 2.45) is 0 Å².